The molecule has 0 spiro atoms. The van der Waals surface area contributed by atoms with Crippen LogP contribution in [-0.4, -0.2) is 17.4 Å². The fourth-order valence-corrected chi connectivity index (χ4v) is 1.88. The first kappa shape index (κ1) is 10.7. The van der Waals surface area contributed by atoms with Gasteiger partial charge in [0, 0.05) is 18.9 Å². The van der Waals surface area contributed by atoms with Gasteiger partial charge in [0.1, 0.15) is 0 Å². The highest BCUT2D eigenvalue weighted by Gasteiger charge is 2.25. The van der Waals surface area contributed by atoms with Gasteiger partial charge in [-0.1, -0.05) is 49.1 Å². The van der Waals surface area contributed by atoms with Crippen LogP contribution in [0, 0.1) is 5.92 Å². The van der Waals surface area contributed by atoms with Crippen LogP contribution in [0.25, 0.3) is 6.08 Å². The van der Waals surface area contributed by atoms with Gasteiger partial charge in [0.15, 0.2) is 0 Å². The lowest BCUT2D eigenvalue weighted by atomic mass is 10.1. The predicted octanol–water partition coefficient (Wildman–Crippen LogP) is 2.69. The molecule has 2 nitrogen and oxygen atoms in total. The highest BCUT2D eigenvalue weighted by Crippen LogP contribution is 2.19. The minimum absolute atomic E-state index is 0.165. The summed E-state index contributed by atoms with van der Waals surface area (Å²) in [6.07, 6.45) is 6.38. The van der Waals surface area contributed by atoms with E-state index in [2.05, 4.69) is 30.9 Å². The number of nitrogens with zero attached hydrogens (tertiary/aromatic N) is 1. The molecule has 0 bridgehead atoms. The Hall–Kier alpha value is -1.83. The molecule has 1 aromatic rings. The Kier molecular flexibility index (Phi) is 3.20. The number of carbonyl (C=O) groups is 1. The molecule has 1 aromatic carbocycles. The Balaban J connectivity index is 1.99. The zero-order valence-corrected chi connectivity index (χ0v) is 9.17. The molecule has 0 aromatic heterocycles. The summed E-state index contributed by atoms with van der Waals surface area (Å²) in [5.41, 5.74) is 1.17. The quantitative estimate of drug-likeness (QED) is 0.756. The highest BCUT2D eigenvalue weighted by atomic mass is 16.2. The van der Waals surface area contributed by atoms with Crippen molar-refractivity contribution in [3.63, 3.8) is 0 Å². The van der Waals surface area contributed by atoms with Gasteiger partial charge in [0.25, 0.3) is 0 Å². The molecule has 1 amide bonds. The summed E-state index contributed by atoms with van der Waals surface area (Å²) in [5, 5.41) is 0. The lowest BCUT2D eigenvalue weighted by Crippen LogP contribution is -2.17. The Labute approximate surface area is 95.9 Å². The Bertz CT molecular complexity index is 408. The van der Waals surface area contributed by atoms with E-state index < -0.39 is 0 Å². The lowest BCUT2D eigenvalue weighted by molar-refractivity contribution is -0.125. The van der Waals surface area contributed by atoms with Crippen LogP contribution in [0.3, 0.4) is 0 Å². The van der Waals surface area contributed by atoms with Gasteiger partial charge in [0.05, 0.1) is 0 Å². The van der Waals surface area contributed by atoms with Gasteiger partial charge in [-0.3, -0.25) is 4.79 Å². The molecule has 0 saturated carbocycles. The van der Waals surface area contributed by atoms with Gasteiger partial charge < -0.3 is 4.90 Å². The molecule has 1 fully saturated rings. The number of hydrogen-bond acceptors (Lipinski definition) is 1. The van der Waals surface area contributed by atoms with Crippen molar-refractivity contribution in [3.05, 3.63) is 54.8 Å². The van der Waals surface area contributed by atoms with Crippen molar-refractivity contribution in [1.29, 1.82) is 0 Å². The van der Waals surface area contributed by atoms with Crippen LogP contribution in [0.5, 0.6) is 0 Å². The van der Waals surface area contributed by atoms with Gasteiger partial charge in [-0.05, 0) is 11.8 Å². The maximum absolute atomic E-state index is 11.4. The van der Waals surface area contributed by atoms with Gasteiger partial charge in [-0.2, -0.15) is 0 Å². The van der Waals surface area contributed by atoms with E-state index in [-0.39, 0.29) is 5.91 Å². The zero-order chi connectivity index (χ0) is 11.4. The maximum atomic E-state index is 11.4. The van der Waals surface area contributed by atoms with Crippen LogP contribution in [-0.2, 0) is 4.79 Å². The molecule has 2 rings (SSSR count). The highest BCUT2D eigenvalue weighted by molar-refractivity contribution is 5.80. The largest absolute Gasteiger partial charge is 0.319 e. The summed E-state index contributed by atoms with van der Waals surface area (Å²) in [4.78, 5) is 13.1. The Morgan fingerprint density at radius 3 is 2.69 bits per heavy atom. The molecular formula is C14H15NO. The van der Waals surface area contributed by atoms with Crippen molar-refractivity contribution in [2.45, 2.75) is 6.42 Å². The fourth-order valence-electron chi connectivity index (χ4n) is 1.88. The first-order valence-electron chi connectivity index (χ1n) is 5.45. The van der Waals surface area contributed by atoms with Gasteiger partial charge in [-0.15, -0.1) is 0 Å². The molecule has 1 unspecified atom stereocenters. The predicted molar refractivity (Wildman–Crippen MR) is 65.5 cm³/mol. The molecular weight excluding hydrogens is 198 g/mol. The lowest BCUT2D eigenvalue weighted by Gasteiger charge is -2.07. The summed E-state index contributed by atoms with van der Waals surface area (Å²) < 4.78 is 0. The normalized spacial score (nSPS) is 20.6. The van der Waals surface area contributed by atoms with Crippen LogP contribution in [0.2, 0.25) is 0 Å². The smallest absolute Gasteiger partial charge is 0.227 e. The molecule has 16 heavy (non-hydrogen) atoms. The van der Waals surface area contributed by atoms with Crippen LogP contribution in [0.15, 0.2) is 49.2 Å². The third-order valence-electron chi connectivity index (χ3n) is 2.77. The van der Waals surface area contributed by atoms with Crippen LogP contribution >= 0.6 is 0 Å². The molecule has 82 valence electrons. The minimum atomic E-state index is 0.165. The van der Waals surface area contributed by atoms with E-state index in [4.69, 9.17) is 0 Å². The molecule has 1 saturated heterocycles. The molecule has 0 radical (unpaired) electrons. The third kappa shape index (κ3) is 2.40. The molecule has 2 heteroatoms. The van der Waals surface area contributed by atoms with Gasteiger partial charge in [0.2, 0.25) is 5.91 Å². The van der Waals surface area contributed by atoms with Crippen LogP contribution < -0.4 is 0 Å². The summed E-state index contributed by atoms with van der Waals surface area (Å²) in [7, 11) is 0. The standard InChI is InChI=1S/C14H15NO/c1-2-15-11-13(10-14(15)16)9-8-12-6-4-3-5-7-12/h2-9,13H,1,10-11H2/b9-8+. The van der Waals surface area contributed by atoms with Crippen molar-refractivity contribution >= 4 is 12.0 Å². The number of benzene rings is 1. The van der Waals surface area contributed by atoms with E-state index in [1.807, 2.05) is 18.2 Å². The summed E-state index contributed by atoms with van der Waals surface area (Å²) in [6.45, 7) is 4.38. The van der Waals surface area contributed by atoms with Crippen molar-refractivity contribution in [2.24, 2.45) is 5.92 Å². The van der Waals surface area contributed by atoms with E-state index in [1.54, 1.807) is 11.1 Å². The average Bonchev–Trinajstić information content (AvgIpc) is 2.69. The van der Waals surface area contributed by atoms with Crippen molar-refractivity contribution in [2.75, 3.05) is 6.54 Å². The van der Waals surface area contributed by atoms with E-state index in [9.17, 15) is 4.79 Å². The Morgan fingerprint density at radius 1 is 1.31 bits per heavy atom. The Morgan fingerprint density at radius 2 is 2.06 bits per heavy atom. The van der Waals surface area contributed by atoms with Crippen molar-refractivity contribution in [3.8, 4) is 0 Å². The summed E-state index contributed by atoms with van der Waals surface area (Å²) >= 11 is 0. The van der Waals surface area contributed by atoms with E-state index in [0.717, 1.165) is 6.54 Å². The fraction of sp³-hybridized carbons (Fsp3) is 0.214. The second kappa shape index (κ2) is 4.79. The van der Waals surface area contributed by atoms with E-state index >= 15 is 0 Å². The molecule has 0 N–H and O–H groups in total. The van der Waals surface area contributed by atoms with E-state index in [0.29, 0.717) is 12.3 Å². The van der Waals surface area contributed by atoms with Crippen molar-refractivity contribution < 1.29 is 4.79 Å². The maximum Gasteiger partial charge on any atom is 0.227 e. The topological polar surface area (TPSA) is 20.3 Å². The average molecular weight is 213 g/mol. The second-order valence-electron chi connectivity index (χ2n) is 3.96. The minimum Gasteiger partial charge on any atom is -0.319 e. The molecule has 1 aliphatic rings. The number of amides is 1. The SMILES string of the molecule is C=CN1CC(/C=C/c2ccccc2)CC1=O. The molecule has 1 atom stereocenters. The van der Waals surface area contributed by atoms with Crippen LogP contribution in [0.4, 0.5) is 0 Å². The monoisotopic (exact) mass is 213 g/mol. The zero-order valence-electron chi connectivity index (χ0n) is 9.17. The van der Waals surface area contributed by atoms with Crippen molar-refractivity contribution in [1.82, 2.24) is 4.90 Å². The van der Waals surface area contributed by atoms with Gasteiger partial charge >= 0.3 is 0 Å². The summed E-state index contributed by atoms with van der Waals surface area (Å²) in [5.74, 6) is 0.475. The number of carbonyl (C=O) groups excluding carboxylic acids is 1. The second-order valence-corrected chi connectivity index (χ2v) is 3.96. The first-order valence-corrected chi connectivity index (χ1v) is 5.45. The molecule has 1 aliphatic heterocycles. The molecule has 0 aliphatic carbocycles. The van der Waals surface area contributed by atoms with Gasteiger partial charge in [-0.25, -0.2) is 0 Å². The summed E-state index contributed by atoms with van der Waals surface area (Å²) in [6, 6.07) is 10.1. The number of likely N-dealkylation sites (tertiary alicyclic amines) is 1. The van der Waals surface area contributed by atoms with Crippen LogP contribution in [0.1, 0.15) is 12.0 Å². The third-order valence-corrected chi connectivity index (χ3v) is 2.77. The molecule has 1 heterocycles. The first-order chi connectivity index (χ1) is 7.79. The number of hydrogen-bond donors (Lipinski definition) is 0. The number of rotatable bonds is 3. The van der Waals surface area contributed by atoms with E-state index in [1.165, 1.54) is 5.56 Å².